The Labute approximate surface area is 217 Å². The fraction of sp³-hybridized carbons (Fsp3) is 0.290. The molecule has 1 heterocycles. The largest absolute Gasteiger partial charge is 0.497 e. The first-order valence-corrected chi connectivity index (χ1v) is 12.5. The number of nitrogens with zero attached hydrogens (tertiary/aromatic N) is 1. The number of carboxylic acids is 1. The molecule has 0 spiro atoms. The van der Waals surface area contributed by atoms with E-state index in [1.807, 2.05) is 68.4 Å². The van der Waals surface area contributed by atoms with Gasteiger partial charge in [-0.3, -0.25) is 4.79 Å². The van der Waals surface area contributed by atoms with Gasteiger partial charge < -0.3 is 19.1 Å². The first-order chi connectivity index (χ1) is 17.8. The van der Waals surface area contributed by atoms with Crippen molar-refractivity contribution in [3.05, 3.63) is 100 Å². The van der Waals surface area contributed by atoms with Gasteiger partial charge >= 0.3 is 5.97 Å². The van der Waals surface area contributed by atoms with E-state index in [0.717, 1.165) is 58.4 Å². The van der Waals surface area contributed by atoms with E-state index >= 15 is 0 Å². The van der Waals surface area contributed by atoms with Crippen LogP contribution in [0.1, 0.15) is 51.7 Å². The lowest BCUT2D eigenvalue weighted by Gasteiger charge is -2.11. The molecule has 0 saturated heterocycles. The lowest BCUT2D eigenvalue weighted by Crippen LogP contribution is -2.19. The highest BCUT2D eigenvalue weighted by molar-refractivity contribution is 6.17. The number of carboxylic acid groups (broad SMARTS) is 1. The monoisotopic (exact) mass is 499 g/mol. The molecule has 0 saturated carbocycles. The predicted molar refractivity (Wildman–Crippen MR) is 144 cm³/mol. The zero-order chi connectivity index (χ0) is 26.5. The fourth-order valence-electron chi connectivity index (χ4n) is 4.55. The Hall–Kier alpha value is -3.90. The molecule has 37 heavy (non-hydrogen) atoms. The summed E-state index contributed by atoms with van der Waals surface area (Å²) in [6.45, 7) is 6.60. The van der Waals surface area contributed by atoms with Gasteiger partial charge in [0.15, 0.2) is 11.9 Å². The maximum Gasteiger partial charge on any atom is 0.332 e. The Morgan fingerprint density at radius 1 is 0.946 bits per heavy atom. The third-order valence-corrected chi connectivity index (χ3v) is 6.79. The van der Waals surface area contributed by atoms with Gasteiger partial charge in [-0.05, 0) is 62.9 Å². The highest BCUT2D eigenvalue weighted by Gasteiger charge is 2.21. The van der Waals surface area contributed by atoms with Crippen molar-refractivity contribution < 1.29 is 24.2 Å². The number of aromatic nitrogens is 1. The summed E-state index contributed by atoms with van der Waals surface area (Å²) in [5.74, 6) is -0.222. The standard InChI is InChI=1S/C31H33NO5/c1-20-7-13-25(14-8-20)30(33)29-21(2)32(28-16-15-26(36-4)18-27(28)29)17-5-6-23-9-11-24(12-10-23)19-37-22(3)31(34)35/h7-16,18,22H,5-6,17,19H2,1-4H3,(H,34,35)/t22-/m1/s1. The first kappa shape index (κ1) is 26.2. The van der Waals surface area contributed by atoms with Crippen molar-refractivity contribution in [3.63, 3.8) is 0 Å². The normalized spacial score (nSPS) is 12.0. The van der Waals surface area contributed by atoms with Gasteiger partial charge in [-0.1, -0.05) is 54.1 Å². The molecule has 0 fully saturated rings. The van der Waals surface area contributed by atoms with E-state index in [1.165, 1.54) is 12.5 Å². The molecule has 0 aliphatic carbocycles. The Kier molecular flexibility index (Phi) is 8.09. The van der Waals surface area contributed by atoms with Gasteiger partial charge in [0.1, 0.15) is 5.75 Å². The van der Waals surface area contributed by atoms with Crippen LogP contribution >= 0.6 is 0 Å². The summed E-state index contributed by atoms with van der Waals surface area (Å²) in [4.78, 5) is 24.5. The van der Waals surface area contributed by atoms with E-state index in [1.54, 1.807) is 7.11 Å². The van der Waals surface area contributed by atoms with Crippen molar-refractivity contribution in [1.29, 1.82) is 0 Å². The molecule has 1 atom stereocenters. The van der Waals surface area contributed by atoms with Crippen LogP contribution in [0.4, 0.5) is 0 Å². The zero-order valence-corrected chi connectivity index (χ0v) is 21.8. The number of rotatable bonds is 11. The molecule has 0 radical (unpaired) electrons. The summed E-state index contributed by atoms with van der Waals surface area (Å²) in [6, 6.07) is 21.7. The minimum atomic E-state index is -0.966. The fourth-order valence-corrected chi connectivity index (χ4v) is 4.55. The molecule has 4 rings (SSSR count). The van der Waals surface area contributed by atoms with Crippen molar-refractivity contribution in [2.45, 2.75) is 52.9 Å². The van der Waals surface area contributed by atoms with Crippen LogP contribution in [0.25, 0.3) is 10.9 Å². The van der Waals surface area contributed by atoms with E-state index in [4.69, 9.17) is 14.6 Å². The lowest BCUT2D eigenvalue weighted by molar-refractivity contribution is -0.149. The van der Waals surface area contributed by atoms with Gasteiger partial charge in [0.2, 0.25) is 0 Å². The van der Waals surface area contributed by atoms with Crippen molar-refractivity contribution in [2.75, 3.05) is 7.11 Å². The SMILES string of the molecule is COc1ccc2c(c1)c(C(=O)c1ccc(C)cc1)c(C)n2CCCc1ccc(CO[C@H](C)C(=O)O)cc1. The van der Waals surface area contributed by atoms with Gasteiger partial charge in [-0.25, -0.2) is 4.79 Å². The molecule has 0 aliphatic heterocycles. The van der Waals surface area contributed by atoms with Gasteiger partial charge in [0.05, 0.1) is 19.3 Å². The number of ketones is 1. The summed E-state index contributed by atoms with van der Waals surface area (Å²) in [7, 11) is 1.64. The van der Waals surface area contributed by atoms with Crippen LogP contribution in [0.2, 0.25) is 0 Å². The highest BCUT2D eigenvalue weighted by atomic mass is 16.5. The predicted octanol–water partition coefficient (Wildman–Crippen LogP) is 6.12. The van der Waals surface area contributed by atoms with Gasteiger partial charge in [-0.15, -0.1) is 0 Å². The maximum absolute atomic E-state index is 13.6. The number of fused-ring (bicyclic) bond motifs is 1. The molecule has 3 aromatic carbocycles. The number of benzene rings is 3. The molecular weight excluding hydrogens is 466 g/mol. The number of ether oxygens (including phenoxy) is 2. The lowest BCUT2D eigenvalue weighted by atomic mass is 9.99. The van der Waals surface area contributed by atoms with Crippen molar-refractivity contribution in [3.8, 4) is 5.75 Å². The molecular formula is C31H33NO5. The van der Waals surface area contributed by atoms with Crippen LogP contribution in [-0.4, -0.2) is 34.6 Å². The molecule has 0 bridgehead atoms. The zero-order valence-electron chi connectivity index (χ0n) is 21.8. The Morgan fingerprint density at radius 3 is 2.27 bits per heavy atom. The van der Waals surface area contributed by atoms with Gasteiger partial charge in [-0.2, -0.15) is 0 Å². The van der Waals surface area contributed by atoms with Gasteiger partial charge in [0.25, 0.3) is 0 Å². The molecule has 4 aromatic rings. The van der Waals surface area contributed by atoms with E-state index in [9.17, 15) is 9.59 Å². The molecule has 6 nitrogen and oxygen atoms in total. The van der Waals surface area contributed by atoms with E-state index in [-0.39, 0.29) is 12.4 Å². The summed E-state index contributed by atoms with van der Waals surface area (Å²) >= 11 is 0. The third kappa shape index (κ3) is 5.92. The molecule has 0 unspecified atom stereocenters. The smallest absolute Gasteiger partial charge is 0.332 e. The molecule has 1 aromatic heterocycles. The van der Waals surface area contributed by atoms with Crippen LogP contribution in [0.15, 0.2) is 66.7 Å². The maximum atomic E-state index is 13.6. The Balaban J connectivity index is 1.52. The van der Waals surface area contributed by atoms with Crippen LogP contribution in [-0.2, 0) is 29.1 Å². The minimum Gasteiger partial charge on any atom is -0.497 e. The van der Waals surface area contributed by atoms with Crippen molar-refractivity contribution >= 4 is 22.7 Å². The molecule has 6 heteroatoms. The average molecular weight is 500 g/mol. The molecule has 0 aliphatic rings. The van der Waals surface area contributed by atoms with E-state index in [0.29, 0.717) is 5.56 Å². The van der Waals surface area contributed by atoms with Crippen LogP contribution < -0.4 is 4.74 Å². The molecule has 0 amide bonds. The van der Waals surface area contributed by atoms with Crippen molar-refractivity contribution in [1.82, 2.24) is 4.57 Å². The summed E-state index contributed by atoms with van der Waals surface area (Å²) in [5, 5.41) is 9.86. The van der Waals surface area contributed by atoms with E-state index in [2.05, 4.69) is 16.7 Å². The number of carbonyl (C=O) groups is 2. The number of hydrogen-bond donors (Lipinski definition) is 1. The van der Waals surface area contributed by atoms with Crippen LogP contribution in [0, 0.1) is 13.8 Å². The number of methoxy groups -OCH3 is 1. The second kappa shape index (κ2) is 11.4. The summed E-state index contributed by atoms with van der Waals surface area (Å²) in [6.07, 6.45) is 0.950. The number of aryl methyl sites for hydroxylation is 3. The third-order valence-electron chi connectivity index (χ3n) is 6.79. The number of hydrogen-bond acceptors (Lipinski definition) is 4. The van der Waals surface area contributed by atoms with Crippen LogP contribution in [0.3, 0.4) is 0 Å². The number of carbonyl (C=O) groups excluding carboxylic acids is 1. The average Bonchev–Trinajstić information content (AvgIpc) is 3.18. The second-order valence-corrected chi connectivity index (χ2v) is 9.40. The minimum absolute atomic E-state index is 0.0181. The van der Waals surface area contributed by atoms with E-state index < -0.39 is 12.1 Å². The second-order valence-electron chi connectivity index (χ2n) is 9.40. The molecule has 1 N–H and O–H groups in total. The topological polar surface area (TPSA) is 77.8 Å². The Morgan fingerprint density at radius 2 is 1.62 bits per heavy atom. The summed E-state index contributed by atoms with van der Waals surface area (Å²) in [5.41, 5.74) is 6.63. The quantitative estimate of drug-likeness (QED) is 0.252. The number of aliphatic carboxylic acids is 1. The molecule has 192 valence electrons. The Bertz CT molecular complexity index is 1400. The van der Waals surface area contributed by atoms with Crippen LogP contribution in [0.5, 0.6) is 5.75 Å². The van der Waals surface area contributed by atoms with Crippen molar-refractivity contribution in [2.24, 2.45) is 0 Å². The highest BCUT2D eigenvalue weighted by Crippen LogP contribution is 2.31. The first-order valence-electron chi connectivity index (χ1n) is 12.5. The van der Waals surface area contributed by atoms with Gasteiger partial charge in [0, 0.05) is 28.7 Å². The summed E-state index contributed by atoms with van der Waals surface area (Å²) < 4.78 is 13.0.